The van der Waals surface area contributed by atoms with Gasteiger partial charge in [0.15, 0.2) is 0 Å². The van der Waals surface area contributed by atoms with Gasteiger partial charge in [0, 0.05) is 74.1 Å². The number of ether oxygens (including phenoxy) is 2. The first kappa shape index (κ1) is 59.3. The molecule has 0 aliphatic rings. The Labute approximate surface area is 400 Å². The third-order valence-corrected chi connectivity index (χ3v) is 9.68. The van der Waals surface area contributed by atoms with E-state index in [-0.39, 0.29) is 49.3 Å². The molecule has 0 spiro atoms. The van der Waals surface area contributed by atoms with Crippen LogP contribution in [0, 0.1) is 0 Å². The molecule has 4 rings (SSSR count). The molecule has 4 aromatic rings. The molecule has 0 fully saturated rings. The number of rotatable bonds is 27. The molecule has 0 aliphatic carbocycles. The number of hydrogen-bond acceptors (Lipinski definition) is 12. The minimum Gasteiger partial charge on any atom is -0.497 e. The molecule has 8 N–H and O–H groups in total. The minimum absolute atomic E-state index is 0.0861. The van der Waals surface area contributed by atoms with Gasteiger partial charge in [-0.15, -0.1) is 0 Å². The van der Waals surface area contributed by atoms with Crippen LogP contribution in [-0.4, -0.2) is 122 Å². The first-order valence-electron chi connectivity index (χ1n) is 22.2. The lowest BCUT2D eigenvalue weighted by Gasteiger charge is -2.11. The van der Waals surface area contributed by atoms with Crippen molar-refractivity contribution in [3.05, 3.63) is 60.9 Å². The van der Waals surface area contributed by atoms with Crippen molar-refractivity contribution in [1.82, 2.24) is 31.2 Å². The van der Waals surface area contributed by atoms with Gasteiger partial charge in [-0.3, -0.25) is 29.1 Å². The van der Waals surface area contributed by atoms with Crippen molar-refractivity contribution < 1.29 is 74.8 Å². The molecule has 2 heterocycles. The van der Waals surface area contributed by atoms with Crippen LogP contribution in [0.15, 0.2) is 60.9 Å². The fourth-order valence-electron chi connectivity index (χ4n) is 6.15. The molecule has 70 heavy (non-hydrogen) atoms. The number of benzene rings is 2. The number of unbranched alkanes of at least 4 members (excludes halogenated alkanes) is 5. The Morgan fingerprint density at radius 2 is 0.829 bits per heavy atom. The summed E-state index contributed by atoms with van der Waals surface area (Å²) in [6.45, 7) is 4.75. The Bertz CT molecular complexity index is 2130. The second kappa shape index (κ2) is 32.1. The average molecular weight is 999 g/mol. The van der Waals surface area contributed by atoms with Gasteiger partial charge in [-0.25, -0.2) is 9.59 Å². The van der Waals surface area contributed by atoms with Crippen molar-refractivity contribution in [3.8, 4) is 11.5 Å². The topological polar surface area (TPSA) is 259 Å². The predicted octanol–water partition coefficient (Wildman–Crippen LogP) is 6.74. The highest BCUT2D eigenvalue weighted by Crippen LogP contribution is 2.29. The molecule has 0 bridgehead atoms. The summed E-state index contributed by atoms with van der Waals surface area (Å²) in [4.78, 5) is 76.0. The van der Waals surface area contributed by atoms with E-state index in [1.165, 1.54) is 25.7 Å². The highest BCUT2D eigenvalue weighted by molar-refractivity contribution is 6.03. The average Bonchev–Trinajstić information content (AvgIpc) is 3.31. The van der Waals surface area contributed by atoms with Gasteiger partial charge < -0.3 is 51.6 Å². The van der Waals surface area contributed by atoms with E-state index in [1.54, 1.807) is 38.7 Å². The second-order valence-corrected chi connectivity index (χ2v) is 15.2. The fourth-order valence-corrected chi connectivity index (χ4v) is 6.15. The number of amides is 4. The predicted molar refractivity (Wildman–Crippen MR) is 248 cm³/mol. The van der Waals surface area contributed by atoms with Crippen LogP contribution in [-0.2, 0) is 28.8 Å². The zero-order valence-corrected chi connectivity index (χ0v) is 38.8. The third kappa shape index (κ3) is 25.0. The molecule has 2 aromatic carbocycles. The van der Waals surface area contributed by atoms with E-state index in [0.29, 0.717) is 47.0 Å². The summed E-state index contributed by atoms with van der Waals surface area (Å²) >= 11 is 0. The van der Waals surface area contributed by atoms with Gasteiger partial charge in [0.1, 0.15) is 11.5 Å². The normalized spacial score (nSPS) is 11.0. The van der Waals surface area contributed by atoms with Gasteiger partial charge >= 0.3 is 24.3 Å². The number of pyridine rings is 2. The Kier molecular flexibility index (Phi) is 27.2. The number of aromatic nitrogens is 2. The Balaban J connectivity index is 0.00000104. The van der Waals surface area contributed by atoms with Crippen molar-refractivity contribution in [2.75, 3.05) is 64.1 Å². The summed E-state index contributed by atoms with van der Waals surface area (Å²) in [5.74, 6) is -5.03. The van der Waals surface area contributed by atoms with Gasteiger partial charge in [-0.05, 0) is 76.1 Å². The van der Waals surface area contributed by atoms with Crippen LogP contribution < -0.4 is 41.4 Å². The molecule has 386 valence electrons. The van der Waals surface area contributed by atoms with Gasteiger partial charge in [0.05, 0.1) is 36.6 Å². The van der Waals surface area contributed by atoms with Crippen molar-refractivity contribution in [2.45, 2.75) is 89.4 Å². The number of carbonyl (C=O) groups excluding carboxylic acids is 4. The van der Waals surface area contributed by atoms with Crippen LogP contribution >= 0.6 is 0 Å². The van der Waals surface area contributed by atoms with E-state index in [0.717, 1.165) is 62.6 Å². The Morgan fingerprint density at radius 1 is 0.500 bits per heavy atom. The molecule has 0 aliphatic heterocycles. The lowest BCUT2D eigenvalue weighted by atomic mass is 10.1. The van der Waals surface area contributed by atoms with Crippen molar-refractivity contribution in [1.29, 1.82) is 0 Å². The van der Waals surface area contributed by atoms with E-state index < -0.39 is 24.3 Å². The summed E-state index contributed by atoms with van der Waals surface area (Å²) in [5, 5.41) is 34.4. The summed E-state index contributed by atoms with van der Waals surface area (Å²) in [7, 11) is 3.15. The zero-order chi connectivity index (χ0) is 52.0. The molecule has 24 heteroatoms. The molecular formula is C46H60F6N8O10. The second-order valence-electron chi connectivity index (χ2n) is 15.2. The van der Waals surface area contributed by atoms with Crippen LogP contribution in [0.5, 0.6) is 11.5 Å². The maximum atomic E-state index is 12.5. The van der Waals surface area contributed by atoms with Crippen molar-refractivity contribution in [2.24, 2.45) is 0 Å². The quantitative estimate of drug-likeness (QED) is 0.0228. The number of halogens is 6. The van der Waals surface area contributed by atoms with E-state index in [2.05, 4.69) is 41.9 Å². The monoisotopic (exact) mass is 998 g/mol. The lowest BCUT2D eigenvalue weighted by Crippen LogP contribution is -2.28. The summed E-state index contributed by atoms with van der Waals surface area (Å²) < 4.78 is 74.1. The standard InChI is InChI=1S/C42H58N8O6.2C2HF3O2/c1-55-33-27-31-13-9-23-47-41(31)35(29-33)49-39(53)17-15-37(51)45-25-11-21-43-19-7-5-3-4-6-8-20-44-22-12-26-46-38(52)16-18-40(54)50-36-30-34(56-2)28-32-14-10-24-48-42(32)36;2*3-2(4,5)1(6)7/h9-10,13-14,23-24,27-30,43-44H,3-8,11-12,15-22,25-26H2,1-2H3,(H,45,51)(H,46,52)(H,49,53)(H,50,54);2*(H,6,7). The maximum Gasteiger partial charge on any atom is 0.490 e. The van der Waals surface area contributed by atoms with E-state index in [1.807, 2.05) is 36.4 Å². The largest absolute Gasteiger partial charge is 0.497 e. The molecule has 0 atom stereocenters. The molecule has 18 nitrogen and oxygen atoms in total. The number of nitrogens with zero attached hydrogens (tertiary/aromatic N) is 2. The molecule has 0 saturated carbocycles. The number of nitrogens with one attached hydrogen (secondary N) is 6. The fraction of sp³-hybridized carbons (Fsp3) is 0.478. The van der Waals surface area contributed by atoms with Gasteiger partial charge in [-0.1, -0.05) is 37.8 Å². The van der Waals surface area contributed by atoms with Gasteiger partial charge in [-0.2, -0.15) is 26.3 Å². The van der Waals surface area contributed by atoms with Crippen LogP contribution in [0.1, 0.15) is 77.0 Å². The van der Waals surface area contributed by atoms with Crippen LogP contribution in [0.3, 0.4) is 0 Å². The number of methoxy groups -OCH3 is 2. The molecule has 0 radical (unpaired) electrons. The number of carbonyl (C=O) groups is 6. The first-order chi connectivity index (χ1) is 33.2. The summed E-state index contributed by atoms with van der Waals surface area (Å²) in [6, 6.07) is 14.6. The molecule has 0 saturated heterocycles. The number of carboxylic acids is 2. The summed E-state index contributed by atoms with van der Waals surface area (Å²) in [5.41, 5.74) is 2.48. The van der Waals surface area contributed by atoms with Crippen LogP contribution in [0.4, 0.5) is 37.7 Å². The van der Waals surface area contributed by atoms with E-state index in [4.69, 9.17) is 29.3 Å². The van der Waals surface area contributed by atoms with E-state index >= 15 is 0 Å². The van der Waals surface area contributed by atoms with Crippen LogP contribution in [0.2, 0.25) is 0 Å². The van der Waals surface area contributed by atoms with E-state index in [9.17, 15) is 45.5 Å². The lowest BCUT2D eigenvalue weighted by molar-refractivity contribution is -0.193. The maximum absolute atomic E-state index is 12.5. The molecule has 0 unspecified atom stereocenters. The number of hydrogen-bond donors (Lipinski definition) is 8. The molecular weight excluding hydrogens is 939 g/mol. The minimum atomic E-state index is -5.08. The first-order valence-corrected chi connectivity index (χ1v) is 22.2. The van der Waals surface area contributed by atoms with Crippen molar-refractivity contribution >= 4 is 68.7 Å². The smallest absolute Gasteiger partial charge is 0.490 e. The Morgan fingerprint density at radius 3 is 1.17 bits per heavy atom. The van der Waals surface area contributed by atoms with Gasteiger partial charge in [0.2, 0.25) is 23.6 Å². The van der Waals surface area contributed by atoms with Gasteiger partial charge in [0.25, 0.3) is 0 Å². The highest BCUT2D eigenvalue weighted by Gasteiger charge is 2.39. The number of anilines is 2. The highest BCUT2D eigenvalue weighted by atomic mass is 19.4. The Hall–Kier alpha value is -6.82. The zero-order valence-electron chi connectivity index (χ0n) is 38.8. The molecule has 2 aromatic heterocycles. The summed E-state index contributed by atoms with van der Waals surface area (Å²) in [6.07, 6.45) is 2.34. The number of alkyl halides is 6. The number of aliphatic carboxylic acids is 2. The number of carboxylic acid groups (broad SMARTS) is 2. The van der Waals surface area contributed by atoms with Crippen LogP contribution in [0.25, 0.3) is 21.8 Å². The number of fused-ring (bicyclic) bond motifs is 2. The van der Waals surface area contributed by atoms with Crippen molar-refractivity contribution in [3.63, 3.8) is 0 Å². The third-order valence-electron chi connectivity index (χ3n) is 9.68. The molecule has 4 amide bonds. The SMILES string of the molecule is COc1cc(NC(=O)CCC(=O)NCCCNCCCCCCCCNCCCNC(=O)CCC(=O)Nc2cc(OC)cc3cccnc23)c2ncccc2c1.O=C(O)C(F)(F)F.O=C(O)C(F)(F)F.